The molecular weight excluding hydrogens is 140 g/mol. The third-order valence-corrected chi connectivity index (χ3v) is 1.41. The molecule has 0 amide bonds. The number of hydrogen-bond acceptors (Lipinski definition) is 4. The molecule has 4 nitrogen and oxygen atoms in total. The molecule has 0 radical (unpaired) electrons. The Hall–Kier alpha value is -0.160. The van der Waals surface area contributed by atoms with Crippen molar-refractivity contribution in [2.45, 2.75) is 32.1 Å². The maximum Gasteiger partial charge on any atom is -0.00773 e. The molecule has 10 N–H and O–H groups in total. The zero-order valence-corrected chi connectivity index (χ0v) is 7.52. The highest BCUT2D eigenvalue weighted by molar-refractivity contribution is 4.44. The summed E-state index contributed by atoms with van der Waals surface area (Å²) in [6.07, 6.45) is 6.19. The maximum atomic E-state index is 5.32. The quantitative estimate of drug-likeness (QED) is 0.440. The van der Waals surface area contributed by atoms with E-state index >= 15 is 0 Å². The highest BCUT2D eigenvalue weighted by Crippen LogP contribution is 1.99. The summed E-state index contributed by atoms with van der Waals surface area (Å²) in [4.78, 5) is 0. The first-order valence-electron chi connectivity index (χ1n) is 3.82. The molecule has 0 aliphatic heterocycles. The van der Waals surface area contributed by atoms with Crippen LogP contribution in [0.5, 0.6) is 0 Å². The summed E-state index contributed by atoms with van der Waals surface area (Å²) in [6.45, 7) is 1.67. The number of hydrogen-bond donors (Lipinski definition) is 4. The van der Waals surface area contributed by atoms with Gasteiger partial charge in [0, 0.05) is 0 Å². The molecule has 4 heteroatoms. The molecule has 72 valence electrons. The molecule has 0 aromatic carbocycles. The van der Waals surface area contributed by atoms with E-state index in [4.69, 9.17) is 11.5 Å². The van der Waals surface area contributed by atoms with Crippen molar-refractivity contribution < 1.29 is 0 Å². The van der Waals surface area contributed by atoms with E-state index in [1.165, 1.54) is 32.1 Å². The van der Waals surface area contributed by atoms with Crippen molar-refractivity contribution in [3.8, 4) is 0 Å². The molecule has 0 fully saturated rings. The Kier molecular flexibility index (Phi) is 25.5. The molecule has 0 saturated heterocycles. The fraction of sp³-hybridized carbons (Fsp3) is 1.00. The van der Waals surface area contributed by atoms with Crippen LogP contribution in [-0.2, 0) is 0 Å². The van der Waals surface area contributed by atoms with Crippen molar-refractivity contribution >= 4 is 0 Å². The van der Waals surface area contributed by atoms with Crippen molar-refractivity contribution in [2.24, 2.45) is 11.5 Å². The van der Waals surface area contributed by atoms with Crippen molar-refractivity contribution in [3.63, 3.8) is 0 Å². The van der Waals surface area contributed by atoms with Crippen LogP contribution in [0.25, 0.3) is 0 Å². The molecule has 0 unspecified atom stereocenters. The molecule has 0 aromatic rings. The second-order valence-corrected chi connectivity index (χ2v) is 2.35. The number of unbranched alkanes of at least 4 members (excludes halogenated alkanes) is 4. The highest BCUT2D eigenvalue weighted by atomic mass is 14.5. The Labute approximate surface area is 69.9 Å². The first-order chi connectivity index (χ1) is 4.41. The van der Waals surface area contributed by atoms with Gasteiger partial charge in [0.1, 0.15) is 0 Å². The summed E-state index contributed by atoms with van der Waals surface area (Å²) in [5.74, 6) is 0. The summed E-state index contributed by atoms with van der Waals surface area (Å²) in [6, 6.07) is 0. The lowest BCUT2D eigenvalue weighted by Gasteiger charge is -1.96. The molecule has 11 heavy (non-hydrogen) atoms. The Morgan fingerprint density at radius 1 is 0.545 bits per heavy atom. The van der Waals surface area contributed by atoms with Gasteiger partial charge in [-0.2, -0.15) is 0 Å². The smallest absolute Gasteiger partial charge is 0.00773 e. The minimum absolute atomic E-state index is 0. The fourth-order valence-electron chi connectivity index (χ4n) is 0.819. The van der Waals surface area contributed by atoms with E-state index in [0.717, 1.165) is 13.1 Å². The molecule has 0 aromatic heterocycles. The van der Waals surface area contributed by atoms with Crippen molar-refractivity contribution in [1.29, 1.82) is 0 Å². The molecular formula is C7H24N4. The van der Waals surface area contributed by atoms with E-state index in [1.807, 2.05) is 0 Å². The Balaban J connectivity index is -0.000000320. The van der Waals surface area contributed by atoms with Crippen LogP contribution >= 0.6 is 0 Å². The van der Waals surface area contributed by atoms with Gasteiger partial charge in [-0.25, -0.2) is 0 Å². The van der Waals surface area contributed by atoms with Crippen LogP contribution in [0, 0.1) is 0 Å². The van der Waals surface area contributed by atoms with Crippen LogP contribution in [0.3, 0.4) is 0 Å². The second kappa shape index (κ2) is 16.4. The summed E-state index contributed by atoms with van der Waals surface area (Å²) in [5.41, 5.74) is 10.6. The number of rotatable bonds is 6. The molecule has 0 aliphatic rings. The van der Waals surface area contributed by atoms with Crippen molar-refractivity contribution in [1.82, 2.24) is 12.3 Å². The fourth-order valence-corrected chi connectivity index (χ4v) is 0.819. The monoisotopic (exact) mass is 164 g/mol. The van der Waals surface area contributed by atoms with Gasteiger partial charge in [-0.1, -0.05) is 19.3 Å². The van der Waals surface area contributed by atoms with Crippen LogP contribution in [0.15, 0.2) is 0 Å². The lowest BCUT2D eigenvalue weighted by atomic mass is 10.1. The zero-order valence-electron chi connectivity index (χ0n) is 7.52. The highest BCUT2D eigenvalue weighted by Gasteiger charge is 1.85. The van der Waals surface area contributed by atoms with Crippen LogP contribution in [-0.4, -0.2) is 13.1 Å². The van der Waals surface area contributed by atoms with Gasteiger partial charge in [0.05, 0.1) is 0 Å². The van der Waals surface area contributed by atoms with Gasteiger partial charge in [0.15, 0.2) is 0 Å². The van der Waals surface area contributed by atoms with E-state index in [2.05, 4.69) is 0 Å². The van der Waals surface area contributed by atoms with E-state index < -0.39 is 0 Å². The van der Waals surface area contributed by atoms with E-state index in [9.17, 15) is 0 Å². The topological polar surface area (TPSA) is 122 Å². The van der Waals surface area contributed by atoms with Gasteiger partial charge in [-0.3, -0.25) is 0 Å². The molecule has 0 spiro atoms. The van der Waals surface area contributed by atoms with Crippen LogP contribution in [0.4, 0.5) is 0 Å². The first kappa shape index (κ1) is 17.1. The Bertz CT molecular complexity index is 43.7. The van der Waals surface area contributed by atoms with Gasteiger partial charge in [0.2, 0.25) is 0 Å². The predicted octanol–water partition coefficient (Wildman–Crippen LogP) is 1.18. The van der Waals surface area contributed by atoms with Gasteiger partial charge in [-0.15, -0.1) is 0 Å². The van der Waals surface area contributed by atoms with Gasteiger partial charge >= 0.3 is 0 Å². The van der Waals surface area contributed by atoms with Crippen molar-refractivity contribution in [2.75, 3.05) is 13.1 Å². The lowest BCUT2D eigenvalue weighted by Crippen LogP contribution is -1.99. The zero-order chi connectivity index (χ0) is 6.95. The standard InChI is InChI=1S/C7H18N2.2H3N/c8-6-4-2-1-3-5-7-9;;/h1-9H2;2*1H3. The minimum Gasteiger partial charge on any atom is -0.344 e. The average molecular weight is 164 g/mol. The van der Waals surface area contributed by atoms with E-state index in [0.29, 0.717) is 0 Å². The molecule has 0 saturated carbocycles. The van der Waals surface area contributed by atoms with Gasteiger partial charge in [0.25, 0.3) is 0 Å². The van der Waals surface area contributed by atoms with Crippen molar-refractivity contribution in [3.05, 3.63) is 0 Å². The van der Waals surface area contributed by atoms with E-state index in [-0.39, 0.29) is 12.3 Å². The molecule has 0 rings (SSSR count). The largest absolute Gasteiger partial charge is 0.344 e. The summed E-state index contributed by atoms with van der Waals surface area (Å²) in [7, 11) is 0. The Morgan fingerprint density at radius 2 is 0.818 bits per heavy atom. The molecule has 0 atom stereocenters. The summed E-state index contributed by atoms with van der Waals surface area (Å²) < 4.78 is 0. The normalized spacial score (nSPS) is 8.18. The predicted molar refractivity (Wildman–Crippen MR) is 51.2 cm³/mol. The molecule has 0 bridgehead atoms. The van der Waals surface area contributed by atoms with Crippen LogP contribution < -0.4 is 23.8 Å². The first-order valence-corrected chi connectivity index (χ1v) is 3.82. The van der Waals surface area contributed by atoms with Crippen LogP contribution in [0.1, 0.15) is 32.1 Å². The third-order valence-electron chi connectivity index (χ3n) is 1.41. The second-order valence-electron chi connectivity index (χ2n) is 2.35. The molecule has 0 heterocycles. The van der Waals surface area contributed by atoms with E-state index in [1.54, 1.807) is 0 Å². The number of nitrogens with two attached hydrogens (primary N) is 2. The SMILES string of the molecule is N.N.NCCCCCCCN. The summed E-state index contributed by atoms with van der Waals surface area (Å²) >= 11 is 0. The van der Waals surface area contributed by atoms with Gasteiger partial charge in [-0.05, 0) is 25.9 Å². The minimum atomic E-state index is 0. The third kappa shape index (κ3) is 17.7. The van der Waals surface area contributed by atoms with Crippen LogP contribution in [0.2, 0.25) is 0 Å². The summed E-state index contributed by atoms with van der Waals surface area (Å²) in [5, 5.41) is 0. The Morgan fingerprint density at radius 3 is 1.09 bits per heavy atom. The lowest BCUT2D eigenvalue weighted by molar-refractivity contribution is 0.623. The average Bonchev–Trinajstić information content (AvgIpc) is 1.89. The van der Waals surface area contributed by atoms with Gasteiger partial charge < -0.3 is 23.8 Å². The maximum absolute atomic E-state index is 5.32. The molecule has 0 aliphatic carbocycles.